The third kappa shape index (κ3) is 3.31. The zero-order valence-electron chi connectivity index (χ0n) is 16.3. The molecule has 1 aliphatic heterocycles. The van der Waals surface area contributed by atoms with Gasteiger partial charge < -0.3 is 10.1 Å². The van der Waals surface area contributed by atoms with Gasteiger partial charge in [0.2, 0.25) is 11.8 Å². The van der Waals surface area contributed by atoms with Crippen LogP contribution < -0.4 is 5.32 Å². The molecule has 0 aromatic heterocycles. The number of ether oxygens (including phenoxy) is 1. The van der Waals surface area contributed by atoms with Crippen molar-refractivity contribution in [3.8, 4) is 0 Å². The second-order valence-electron chi connectivity index (χ2n) is 8.07. The van der Waals surface area contributed by atoms with Gasteiger partial charge in [-0.3, -0.25) is 29.4 Å². The lowest BCUT2D eigenvalue weighted by Crippen LogP contribution is -2.45. The lowest BCUT2D eigenvalue weighted by Gasteiger charge is -2.23. The third-order valence-corrected chi connectivity index (χ3v) is 6.38. The minimum Gasteiger partial charge on any atom is -0.454 e. The van der Waals surface area contributed by atoms with E-state index in [1.54, 1.807) is 0 Å². The summed E-state index contributed by atoms with van der Waals surface area (Å²) in [6.07, 6.45) is 2.78. The fourth-order valence-electron chi connectivity index (χ4n) is 5.07. The number of carbonyl (C=O) groups excluding carboxylic acids is 4. The summed E-state index contributed by atoms with van der Waals surface area (Å²) in [5, 5.41) is 13.2. The molecule has 158 valence electrons. The van der Waals surface area contributed by atoms with E-state index in [-0.39, 0.29) is 46.9 Å². The SMILES string of the molecule is C[C@@H](C(=O)OCC(=O)Nc1cccc([N+](=O)[O-])c1)N1C(=O)[C@H]2[C@H]3CC[C@@H](C3)[C@@H]2C1=O. The molecule has 0 unspecified atom stereocenters. The maximum absolute atomic E-state index is 12.8. The number of hydrogen-bond acceptors (Lipinski definition) is 7. The van der Waals surface area contributed by atoms with Gasteiger partial charge in [-0.15, -0.1) is 0 Å². The summed E-state index contributed by atoms with van der Waals surface area (Å²) in [7, 11) is 0. The molecule has 2 bridgehead atoms. The first kappa shape index (κ1) is 20.0. The Kier molecular flexibility index (Phi) is 5.00. The molecule has 0 spiro atoms. The maximum atomic E-state index is 12.8. The second kappa shape index (κ2) is 7.51. The molecule has 5 atom stereocenters. The number of carbonyl (C=O) groups is 4. The van der Waals surface area contributed by atoms with Crippen molar-refractivity contribution in [2.45, 2.75) is 32.2 Å². The van der Waals surface area contributed by atoms with Crippen molar-refractivity contribution in [3.63, 3.8) is 0 Å². The maximum Gasteiger partial charge on any atom is 0.329 e. The predicted molar refractivity (Wildman–Crippen MR) is 102 cm³/mol. The van der Waals surface area contributed by atoms with E-state index in [1.807, 2.05) is 0 Å². The van der Waals surface area contributed by atoms with Crippen molar-refractivity contribution in [2.75, 3.05) is 11.9 Å². The Morgan fingerprint density at radius 1 is 1.23 bits per heavy atom. The molecule has 1 heterocycles. The van der Waals surface area contributed by atoms with E-state index in [2.05, 4.69) is 5.32 Å². The topological polar surface area (TPSA) is 136 Å². The molecule has 1 aromatic carbocycles. The van der Waals surface area contributed by atoms with Crippen molar-refractivity contribution in [3.05, 3.63) is 34.4 Å². The highest BCUT2D eigenvalue weighted by Gasteiger charge is 2.62. The number of rotatable bonds is 6. The monoisotopic (exact) mass is 415 g/mol. The highest BCUT2D eigenvalue weighted by molar-refractivity contribution is 6.08. The molecule has 2 saturated carbocycles. The van der Waals surface area contributed by atoms with Gasteiger partial charge in [0.05, 0.1) is 16.8 Å². The van der Waals surface area contributed by atoms with E-state index in [4.69, 9.17) is 4.74 Å². The predicted octanol–water partition coefficient (Wildman–Crippen LogP) is 1.50. The van der Waals surface area contributed by atoms with Crippen LogP contribution in [0.25, 0.3) is 0 Å². The van der Waals surface area contributed by atoms with E-state index in [0.29, 0.717) is 0 Å². The van der Waals surface area contributed by atoms with Gasteiger partial charge >= 0.3 is 5.97 Å². The van der Waals surface area contributed by atoms with Gasteiger partial charge in [0.1, 0.15) is 6.04 Å². The summed E-state index contributed by atoms with van der Waals surface area (Å²) in [4.78, 5) is 61.1. The van der Waals surface area contributed by atoms with E-state index in [0.717, 1.165) is 24.2 Å². The first-order valence-corrected chi connectivity index (χ1v) is 9.85. The van der Waals surface area contributed by atoms with Gasteiger partial charge in [0.15, 0.2) is 6.61 Å². The van der Waals surface area contributed by atoms with Crippen LogP contribution in [0.1, 0.15) is 26.2 Å². The molecule has 10 nitrogen and oxygen atoms in total. The molecule has 1 aromatic rings. The van der Waals surface area contributed by atoms with Crippen molar-refractivity contribution in [1.29, 1.82) is 0 Å². The summed E-state index contributed by atoms with van der Waals surface area (Å²) < 4.78 is 4.99. The summed E-state index contributed by atoms with van der Waals surface area (Å²) >= 11 is 0. The number of hydrogen-bond donors (Lipinski definition) is 1. The van der Waals surface area contributed by atoms with Crippen LogP contribution in [0.15, 0.2) is 24.3 Å². The second-order valence-corrected chi connectivity index (χ2v) is 8.07. The number of fused-ring (bicyclic) bond motifs is 5. The fourth-order valence-corrected chi connectivity index (χ4v) is 5.07. The van der Waals surface area contributed by atoms with Crippen LogP contribution in [0, 0.1) is 33.8 Å². The lowest BCUT2D eigenvalue weighted by molar-refractivity contribution is -0.384. The first-order chi connectivity index (χ1) is 14.3. The zero-order valence-corrected chi connectivity index (χ0v) is 16.3. The van der Waals surface area contributed by atoms with Crippen LogP contribution in [0.4, 0.5) is 11.4 Å². The number of nitrogens with zero attached hydrogens (tertiary/aromatic N) is 2. The summed E-state index contributed by atoms with van der Waals surface area (Å²) in [5.41, 5.74) is -0.00418. The standard InChI is InChI=1S/C20H21N3O7/c1-10(22-18(25)16-11-5-6-12(7-11)17(16)19(22)26)20(27)30-9-15(24)21-13-3-2-4-14(8-13)23(28)29/h2-4,8,10-12,16-17H,5-7,9H2,1H3,(H,21,24)/t10-,11-,12-,16-,17-/m0/s1. The van der Waals surface area contributed by atoms with Crippen molar-refractivity contribution in [1.82, 2.24) is 4.90 Å². The Morgan fingerprint density at radius 3 is 2.47 bits per heavy atom. The molecule has 3 aliphatic rings. The number of nitro benzene ring substituents is 1. The molecule has 10 heteroatoms. The molecule has 30 heavy (non-hydrogen) atoms. The number of non-ortho nitro benzene ring substituents is 1. The Bertz CT molecular complexity index is 918. The summed E-state index contributed by atoms with van der Waals surface area (Å²) in [6, 6.07) is 4.22. The van der Waals surface area contributed by atoms with Gasteiger partial charge in [-0.25, -0.2) is 4.79 Å². The van der Waals surface area contributed by atoms with E-state index >= 15 is 0 Å². The zero-order chi connectivity index (χ0) is 21.6. The average Bonchev–Trinajstić information content (AvgIpc) is 3.39. The number of nitrogens with one attached hydrogen (secondary N) is 1. The third-order valence-electron chi connectivity index (χ3n) is 6.38. The molecule has 0 radical (unpaired) electrons. The number of esters is 1. The normalized spacial score (nSPS) is 27.7. The minimum atomic E-state index is -1.11. The number of anilines is 1. The Morgan fingerprint density at radius 2 is 1.87 bits per heavy atom. The van der Waals surface area contributed by atoms with Crippen LogP contribution in [-0.4, -0.2) is 46.2 Å². The smallest absolute Gasteiger partial charge is 0.329 e. The van der Waals surface area contributed by atoms with Crippen LogP contribution in [0.2, 0.25) is 0 Å². The summed E-state index contributed by atoms with van der Waals surface area (Å²) in [5.74, 6) is -2.41. The molecular weight excluding hydrogens is 394 g/mol. The Labute approximate surface area is 171 Å². The Balaban J connectivity index is 1.33. The van der Waals surface area contributed by atoms with Crippen LogP contribution in [0.3, 0.4) is 0 Å². The molecule has 2 aliphatic carbocycles. The highest BCUT2D eigenvalue weighted by Crippen LogP contribution is 2.56. The van der Waals surface area contributed by atoms with Crippen molar-refractivity contribution >= 4 is 35.1 Å². The molecule has 1 saturated heterocycles. The van der Waals surface area contributed by atoms with Gasteiger partial charge in [0.25, 0.3) is 11.6 Å². The minimum absolute atomic E-state index is 0.187. The number of imide groups is 1. The number of benzene rings is 1. The van der Waals surface area contributed by atoms with E-state index < -0.39 is 29.4 Å². The van der Waals surface area contributed by atoms with E-state index in [1.165, 1.54) is 31.2 Å². The van der Waals surface area contributed by atoms with Gasteiger partial charge in [-0.05, 0) is 44.1 Å². The molecule has 3 amide bonds. The molecule has 3 fully saturated rings. The number of nitro groups is 1. The number of likely N-dealkylation sites (tertiary alicyclic amines) is 1. The summed E-state index contributed by atoms with van der Waals surface area (Å²) in [6.45, 7) is 0.778. The first-order valence-electron chi connectivity index (χ1n) is 9.85. The van der Waals surface area contributed by atoms with Gasteiger partial charge in [-0.1, -0.05) is 6.07 Å². The van der Waals surface area contributed by atoms with Crippen LogP contribution in [-0.2, 0) is 23.9 Å². The van der Waals surface area contributed by atoms with Gasteiger partial charge in [0, 0.05) is 17.8 Å². The average molecular weight is 415 g/mol. The highest BCUT2D eigenvalue weighted by atomic mass is 16.6. The fraction of sp³-hybridized carbons (Fsp3) is 0.500. The molecule has 4 rings (SSSR count). The Hall–Kier alpha value is -3.30. The largest absolute Gasteiger partial charge is 0.454 e. The van der Waals surface area contributed by atoms with Crippen LogP contribution in [0.5, 0.6) is 0 Å². The quantitative estimate of drug-likeness (QED) is 0.322. The molecular formula is C20H21N3O7. The van der Waals surface area contributed by atoms with Gasteiger partial charge in [-0.2, -0.15) is 0 Å². The van der Waals surface area contributed by atoms with Crippen molar-refractivity contribution < 1.29 is 28.8 Å². The number of amides is 3. The molecule has 1 N–H and O–H groups in total. The van der Waals surface area contributed by atoms with Crippen molar-refractivity contribution in [2.24, 2.45) is 23.7 Å². The van der Waals surface area contributed by atoms with E-state index in [9.17, 15) is 29.3 Å². The lowest BCUT2D eigenvalue weighted by atomic mass is 9.81. The van der Waals surface area contributed by atoms with Crippen LogP contribution >= 0.6 is 0 Å².